The lowest BCUT2D eigenvalue weighted by molar-refractivity contribution is -0.123. The molecule has 1 N–H and O–H groups in total. The van der Waals surface area contributed by atoms with E-state index in [1.165, 1.54) is 27.5 Å². The predicted molar refractivity (Wildman–Crippen MR) is 116 cm³/mol. The number of hydrazone groups is 1. The van der Waals surface area contributed by atoms with Crippen molar-refractivity contribution in [2.45, 2.75) is 0 Å². The Kier molecular flexibility index (Phi) is 8.59. The van der Waals surface area contributed by atoms with Gasteiger partial charge in [0.1, 0.15) is 11.5 Å². The normalized spacial score (nSPS) is 10.6. The molecule has 10 heteroatoms. The zero-order valence-electron chi connectivity index (χ0n) is 16.2. The van der Waals surface area contributed by atoms with Crippen LogP contribution in [-0.4, -0.2) is 47.2 Å². The third kappa shape index (κ3) is 6.01. The Morgan fingerprint density at radius 1 is 0.931 bits per heavy atom. The van der Waals surface area contributed by atoms with Gasteiger partial charge in [0.25, 0.3) is 5.91 Å². The fourth-order valence-corrected chi connectivity index (χ4v) is 3.69. The van der Waals surface area contributed by atoms with E-state index in [9.17, 15) is 4.79 Å². The highest BCUT2D eigenvalue weighted by Gasteiger charge is 2.13. The van der Waals surface area contributed by atoms with E-state index in [0.29, 0.717) is 43.3 Å². The van der Waals surface area contributed by atoms with E-state index in [-0.39, 0.29) is 6.61 Å². The van der Waals surface area contributed by atoms with Crippen molar-refractivity contribution in [1.29, 1.82) is 0 Å². The van der Waals surface area contributed by atoms with Gasteiger partial charge in [0.05, 0.1) is 43.6 Å². The topological polar surface area (TPSA) is 87.6 Å². The highest BCUT2D eigenvalue weighted by Crippen LogP contribution is 2.38. The van der Waals surface area contributed by atoms with Crippen molar-refractivity contribution in [2.75, 3.05) is 35.0 Å². The summed E-state index contributed by atoms with van der Waals surface area (Å²) < 4.78 is 27.8. The Morgan fingerprint density at radius 3 is 2.00 bits per heavy atom. The monoisotopic (exact) mass is 530 g/mol. The molecule has 2 rings (SSSR count). The summed E-state index contributed by atoms with van der Waals surface area (Å²) in [4.78, 5) is 12.0. The van der Waals surface area contributed by atoms with Gasteiger partial charge in [0.2, 0.25) is 5.75 Å². The maximum Gasteiger partial charge on any atom is 0.277 e. The number of nitrogens with zero attached hydrogens (tertiary/aromatic N) is 1. The highest BCUT2D eigenvalue weighted by molar-refractivity contribution is 9.11. The molecular weight excluding hydrogens is 512 g/mol. The smallest absolute Gasteiger partial charge is 0.277 e. The molecule has 0 aliphatic carbocycles. The van der Waals surface area contributed by atoms with Crippen LogP contribution in [0.2, 0.25) is 0 Å². The molecule has 0 fully saturated rings. The second-order valence-corrected chi connectivity index (χ2v) is 7.17. The van der Waals surface area contributed by atoms with Crippen molar-refractivity contribution in [2.24, 2.45) is 5.10 Å². The summed E-state index contributed by atoms with van der Waals surface area (Å²) in [5.41, 5.74) is 3.06. The van der Waals surface area contributed by atoms with Crippen molar-refractivity contribution < 1.29 is 28.5 Å². The summed E-state index contributed by atoms with van der Waals surface area (Å²) in [6.45, 7) is -0.226. The van der Waals surface area contributed by atoms with Gasteiger partial charge in [-0.3, -0.25) is 4.79 Å². The van der Waals surface area contributed by atoms with Gasteiger partial charge in [-0.05, 0) is 56.1 Å². The quantitative estimate of drug-likeness (QED) is 0.391. The van der Waals surface area contributed by atoms with E-state index >= 15 is 0 Å². The molecule has 0 aliphatic heterocycles. The summed E-state index contributed by atoms with van der Waals surface area (Å²) in [6.07, 6.45) is 1.46. The van der Waals surface area contributed by atoms with E-state index in [0.717, 1.165) is 0 Å². The van der Waals surface area contributed by atoms with E-state index in [1.807, 2.05) is 0 Å². The van der Waals surface area contributed by atoms with Crippen LogP contribution in [0.5, 0.6) is 28.7 Å². The molecule has 0 atom stereocenters. The Labute approximate surface area is 185 Å². The SMILES string of the molecule is COc1cc(Br)c(OCC(=O)N/N=C/c2cc(OC)c(OC)c(OC)c2)c(Br)c1. The van der Waals surface area contributed by atoms with Crippen LogP contribution in [-0.2, 0) is 4.79 Å². The van der Waals surface area contributed by atoms with E-state index in [4.69, 9.17) is 23.7 Å². The van der Waals surface area contributed by atoms with Crippen LogP contribution < -0.4 is 29.1 Å². The van der Waals surface area contributed by atoms with Crippen molar-refractivity contribution in [3.8, 4) is 28.7 Å². The van der Waals surface area contributed by atoms with Crippen molar-refractivity contribution in [3.05, 3.63) is 38.8 Å². The summed E-state index contributed by atoms with van der Waals surface area (Å²) in [5, 5.41) is 3.93. The molecule has 0 saturated heterocycles. The molecule has 0 spiro atoms. The number of halogens is 2. The minimum atomic E-state index is -0.427. The van der Waals surface area contributed by atoms with Gasteiger partial charge < -0.3 is 23.7 Å². The molecule has 29 heavy (non-hydrogen) atoms. The van der Waals surface area contributed by atoms with Gasteiger partial charge in [0, 0.05) is 5.56 Å². The van der Waals surface area contributed by atoms with Crippen LogP contribution >= 0.6 is 31.9 Å². The maximum absolute atomic E-state index is 12.0. The van der Waals surface area contributed by atoms with Gasteiger partial charge in [-0.2, -0.15) is 5.10 Å². The minimum absolute atomic E-state index is 0.226. The fraction of sp³-hybridized carbons (Fsp3) is 0.263. The molecule has 156 valence electrons. The Hall–Kier alpha value is -2.46. The standard InChI is InChI=1S/C19H20Br2N2O6/c1-25-12-7-13(20)18(14(21)8-12)29-10-17(24)23-22-9-11-5-15(26-2)19(28-4)16(6-11)27-3/h5-9H,10H2,1-4H3,(H,23,24)/b22-9+. The summed E-state index contributed by atoms with van der Waals surface area (Å²) in [5.74, 6) is 2.14. The van der Waals surface area contributed by atoms with Crippen LogP contribution in [0.15, 0.2) is 38.3 Å². The van der Waals surface area contributed by atoms with Gasteiger partial charge in [0.15, 0.2) is 18.1 Å². The number of methoxy groups -OCH3 is 4. The molecule has 8 nitrogen and oxygen atoms in total. The van der Waals surface area contributed by atoms with Gasteiger partial charge in [-0.25, -0.2) is 5.43 Å². The number of hydrogen-bond donors (Lipinski definition) is 1. The molecule has 0 bridgehead atoms. The highest BCUT2D eigenvalue weighted by atomic mass is 79.9. The zero-order valence-corrected chi connectivity index (χ0v) is 19.4. The van der Waals surface area contributed by atoms with E-state index in [2.05, 4.69) is 42.4 Å². The molecular formula is C19H20Br2N2O6. The number of nitrogens with one attached hydrogen (secondary N) is 1. The molecule has 0 unspecified atom stereocenters. The first-order valence-electron chi connectivity index (χ1n) is 8.21. The molecule has 0 aromatic heterocycles. The zero-order chi connectivity index (χ0) is 21.4. The largest absolute Gasteiger partial charge is 0.497 e. The lowest BCUT2D eigenvalue weighted by Gasteiger charge is -2.12. The first-order valence-corrected chi connectivity index (χ1v) is 9.79. The first kappa shape index (κ1) is 22.8. The number of hydrogen-bond acceptors (Lipinski definition) is 7. The Morgan fingerprint density at radius 2 is 1.52 bits per heavy atom. The number of rotatable bonds is 9. The maximum atomic E-state index is 12.0. The second kappa shape index (κ2) is 10.9. The first-order chi connectivity index (χ1) is 13.9. The number of amides is 1. The molecule has 0 saturated carbocycles. The van der Waals surface area contributed by atoms with Gasteiger partial charge in [-0.15, -0.1) is 0 Å². The van der Waals surface area contributed by atoms with Crippen molar-refractivity contribution in [3.63, 3.8) is 0 Å². The number of benzene rings is 2. The summed E-state index contributed by atoms with van der Waals surface area (Å²) >= 11 is 6.76. The van der Waals surface area contributed by atoms with Crippen LogP contribution in [0.25, 0.3) is 0 Å². The molecule has 2 aromatic rings. The molecule has 1 amide bonds. The number of carbonyl (C=O) groups excluding carboxylic acids is 1. The second-order valence-electron chi connectivity index (χ2n) is 5.46. The minimum Gasteiger partial charge on any atom is -0.497 e. The van der Waals surface area contributed by atoms with Gasteiger partial charge in [-0.1, -0.05) is 0 Å². The van der Waals surface area contributed by atoms with Crippen molar-refractivity contribution in [1.82, 2.24) is 5.43 Å². The van der Waals surface area contributed by atoms with Gasteiger partial charge >= 0.3 is 0 Å². The van der Waals surface area contributed by atoms with Crippen molar-refractivity contribution >= 4 is 44.0 Å². The Balaban J connectivity index is 2.00. The fourth-order valence-electron chi connectivity index (χ4n) is 2.32. The van der Waals surface area contributed by atoms with Crippen LogP contribution in [0.3, 0.4) is 0 Å². The molecule has 0 radical (unpaired) electrons. The average Bonchev–Trinajstić information content (AvgIpc) is 2.71. The summed E-state index contributed by atoms with van der Waals surface area (Å²) in [6, 6.07) is 6.89. The van der Waals surface area contributed by atoms with E-state index in [1.54, 1.807) is 31.4 Å². The Bertz CT molecular complexity index is 856. The molecule has 0 heterocycles. The third-order valence-corrected chi connectivity index (χ3v) is 4.82. The lowest BCUT2D eigenvalue weighted by atomic mass is 10.2. The van der Waals surface area contributed by atoms with Crippen LogP contribution in [0.1, 0.15) is 5.56 Å². The third-order valence-electron chi connectivity index (χ3n) is 3.65. The summed E-state index contributed by atoms with van der Waals surface area (Å²) in [7, 11) is 6.13. The molecule has 2 aromatic carbocycles. The average molecular weight is 532 g/mol. The van der Waals surface area contributed by atoms with Crippen LogP contribution in [0.4, 0.5) is 0 Å². The van der Waals surface area contributed by atoms with Crippen LogP contribution in [0, 0.1) is 0 Å². The van der Waals surface area contributed by atoms with E-state index < -0.39 is 5.91 Å². The number of ether oxygens (including phenoxy) is 5. The lowest BCUT2D eigenvalue weighted by Crippen LogP contribution is -2.24. The predicted octanol–water partition coefficient (Wildman–Crippen LogP) is 3.78. The number of carbonyl (C=O) groups is 1. The molecule has 0 aliphatic rings.